The first kappa shape index (κ1) is 23.3. The SMILES string of the molecule is CCOC(=O)C1=C(c2cccc(C)c2)c2ccc(OCCCc3ccccc3)cc2C1=[N+](C)O. The van der Waals surface area contributed by atoms with Crippen molar-refractivity contribution in [3.8, 4) is 5.75 Å². The molecule has 1 N–H and O–H groups in total. The Morgan fingerprint density at radius 2 is 1.76 bits per heavy atom. The van der Waals surface area contributed by atoms with E-state index in [2.05, 4.69) is 12.1 Å². The van der Waals surface area contributed by atoms with E-state index in [9.17, 15) is 10.0 Å². The van der Waals surface area contributed by atoms with Gasteiger partial charge in [0, 0.05) is 5.57 Å². The lowest BCUT2D eigenvalue weighted by Crippen LogP contribution is -2.22. The van der Waals surface area contributed by atoms with E-state index in [1.54, 1.807) is 6.92 Å². The number of hydrogen-bond donors (Lipinski definition) is 1. The van der Waals surface area contributed by atoms with Crippen molar-refractivity contribution in [3.63, 3.8) is 0 Å². The molecule has 3 aromatic rings. The number of carbonyl (C=O) groups is 1. The highest BCUT2D eigenvalue weighted by molar-refractivity contribution is 6.35. The summed E-state index contributed by atoms with van der Waals surface area (Å²) in [6.07, 6.45) is 1.83. The van der Waals surface area contributed by atoms with Crippen molar-refractivity contribution in [2.24, 2.45) is 0 Å². The molecule has 34 heavy (non-hydrogen) atoms. The fourth-order valence-electron chi connectivity index (χ4n) is 4.36. The average molecular weight is 457 g/mol. The van der Waals surface area contributed by atoms with Gasteiger partial charge in [0.15, 0.2) is 7.05 Å². The van der Waals surface area contributed by atoms with Crippen molar-refractivity contribution < 1.29 is 24.2 Å². The van der Waals surface area contributed by atoms with Crippen LogP contribution in [0.5, 0.6) is 5.75 Å². The Balaban J connectivity index is 1.67. The second kappa shape index (κ2) is 10.4. The first-order chi connectivity index (χ1) is 16.5. The molecule has 1 aliphatic rings. The molecule has 0 saturated carbocycles. The Bertz CT molecular complexity index is 1250. The molecular formula is C29H30NO4+. The molecule has 0 bridgehead atoms. The molecule has 0 unspecified atom stereocenters. The quantitative estimate of drug-likeness (QED) is 0.166. The van der Waals surface area contributed by atoms with Gasteiger partial charge in [0.25, 0.3) is 5.71 Å². The van der Waals surface area contributed by atoms with Crippen molar-refractivity contribution >= 4 is 17.3 Å². The summed E-state index contributed by atoms with van der Waals surface area (Å²) in [6.45, 7) is 4.61. The van der Waals surface area contributed by atoms with Crippen LogP contribution in [0.2, 0.25) is 0 Å². The monoisotopic (exact) mass is 456 g/mol. The molecule has 5 heteroatoms. The van der Waals surface area contributed by atoms with E-state index < -0.39 is 5.97 Å². The van der Waals surface area contributed by atoms with Crippen molar-refractivity contribution in [2.75, 3.05) is 20.3 Å². The molecule has 5 nitrogen and oxygen atoms in total. The van der Waals surface area contributed by atoms with Gasteiger partial charge < -0.3 is 9.47 Å². The molecule has 1 aliphatic carbocycles. The fourth-order valence-corrected chi connectivity index (χ4v) is 4.36. The van der Waals surface area contributed by atoms with Crippen LogP contribution in [0.4, 0.5) is 0 Å². The lowest BCUT2D eigenvalue weighted by molar-refractivity contribution is -0.753. The number of fused-ring (bicyclic) bond motifs is 1. The Labute approximate surface area is 200 Å². The maximum Gasteiger partial charge on any atom is 0.345 e. The predicted octanol–water partition coefficient (Wildman–Crippen LogP) is 5.21. The third kappa shape index (κ3) is 4.88. The summed E-state index contributed by atoms with van der Waals surface area (Å²) in [5.41, 5.74) is 6.39. The molecule has 174 valence electrons. The number of hydrogen-bond acceptors (Lipinski definition) is 4. The molecule has 0 fully saturated rings. The highest BCUT2D eigenvalue weighted by Gasteiger charge is 2.40. The van der Waals surface area contributed by atoms with Crippen molar-refractivity contribution in [1.29, 1.82) is 0 Å². The number of nitrogens with zero attached hydrogens (tertiary/aromatic N) is 1. The van der Waals surface area contributed by atoms with Crippen LogP contribution in [0.15, 0.2) is 78.4 Å². The third-order valence-electron chi connectivity index (χ3n) is 5.83. The molecule has 0 aliphatic heterocycles. The van der Waals surface area contributed by atoms with E-state index in [1.807, 2.05) is 67.6 Å². The Hall–Kier alpha value is -3.86. The second-order valence-electron chi connectivity index (χ2n) is 8.36. The van der Waals surface area contributed by atoms with Gasteiger partial charge in [0.1, 0.15) is 11.3 Å². The minimum Gasteiger partial charge on any atom is -0.494 e. The summed E-state index contributed by atoms with van der Waals surface area (Å²) < 4.78 is 12.4. The fraction of sp³-hybridized carbons (Fsp3) is 0.241. The van der Waals surface area contributed by atoms with Gasteiger partial charge in [-0.15, -0.1) is 0 Å². The van der Waals surface area contributed by atoms with Crippen LogP contribution < -0.4 is 4.74 Å². The number of carbonyl (C=O) groups excluding carboxylic acids is 1. The smallest absolute Gasteiger partial charge is 0.345 e. The standard InChI is InChI=1S/C29H30NO4/c1-4-33-29(31)27-26(22-14-8-10-20(2)18-22)24-16-15-23(19-25(24)28(27)30(3)32)34-17-9-13-21-11-6-5-7-12-21/h5-8,10-12,14-16,18-19,32H,4,9,13,17H2,1-3H3/q+1. The Morgan fingerprint density at radius 1 is 0.971 bits per heavy atom. The van der Waals surface area contributed by atoms with Crippen LogP contribution >= 0.6 is 0 Å². The number of rotatable bonds is 8. The van der Waals surface area contributed by atoms with E-state index in [0.717, 1.165) is 45.4 Å². The highest BCUT2D eigenvalue weighted by atomic mass is 16.5. The van der Waals surface area contributed by atoms with Crippen LogP contribution in [0.3, 0.4) is 0 Å². The summed E-state index contributed by atoms with van der Waals surface area (Å²) in [7, 11) is 1.52. The van der Waals surface area contributed by atoms with E-state index in [-0.39, 0.29) is 6.61 Å². The molecule has 0 spiro atoms. The highest BCUT2D eigenvalue weighted by Crippen LogP contribution is 2.40. The molecular weight excluding hydrogens is 426 g/mol. The van der Waals surface area contributed by atoms with Crippen LogP contribution in [0.25, 0.3) is 5.57 Å². The largest absolute Gasteiger partial charge is 0.494 e. The van der Waals surface area contributed by atoms with Gasteiger partial charge in [0.05, 0.1) is 18.8 Å². The number of benzene rings is 3. The summed E-state index contributed by atoms with van der Waals surface area (Å²) >= 11 is 0. The third-order valence-corrected chi connectivity index (χ3v) is 5.83. The number of aryl methyl sites for hydroxylation is 2. The second-order valence-corrected chi connectivity index (χ2v) is 8.36. The van der Waals surface area contributed by atoms with Crippen molar-refractivity contribution in [2.45, 2.75) is 26.7 Å². The maximum atomic E-state index is 13.1. The molecule has 0 atom stereocenters. The van der Waals surface area contributed by atoms with Gasteiger partial charge in [-0.3, -0.25) is 5.21 Å². The van der Waals surface area contributed by atoms with Gasteiger partial charge in [-0.05, 0) is 66.3 Å². The average Bonchev–Trinajstić information content (AvgIpc) is 3.17. The van der Waals surface area contributed by atoms with Crippen LogP contribution in [-0.2, 0) is 16.0 Å². The molecule has 0 saturated heterocycles. The lowest BCUT2D eigenvalue weighted by atomic mass is 9.96. The zero-order chi connectivity index (χ0) is 24.1. The van der Waals surface area contributed by atoms with Crippen LogP contribution in [0.1, 0.15) is 41.2 Å². The van der Waals surface area contributed by atoms with E-state index in [1.165, 1.54) is 12.6 Å². The Morgan fingerprint density at radius 3 is 2.47 bits per heavy atom. The lowest BCUT2D eigenvalue weighted by Gasteiger charge is -2.10. The normalized spacial score (nSPS) is 14.1. The summed E-state index contributed by atoms with van der Waals surface area (Å²) in [5, 5.41) is 10.6. The molecule has 0 aromatic heterocycles. The zero-order valence-corrected chi connectivity index (χ0v) is 19.9. The van der Waals surface area contributed by atoms with Gasteiger partial charge in [0.2, 0.25) is 0 Å². The van der Waals surface area contributed by atoms with Crippen LogP contribution in [0, 0.1) is 6.92 Å². The molecule has 0 radical (unpaired) electrons. The van der Waals surface area contributed by atoms with E-state index in [0.29, 0.717) is 23.6 Å². The van der Waals surface area contributed by atoms with Crippen molar-refractivity contribution in [3.05, 3.63) is 106 Å². The van der Waals surface area contributed by atoms with E-state index >= 15 is 0 Å². The molecule has 0 heterocycles. The van der Waals surface area contributed by atoms with Gasteiger partial charge in [-0.2, -0.15) is 0 Å². The van der Waals surface area contributed by atoms with Crippen LogP contribution in [-0.4, -0.2) is 41.9 Å². The first-order valence-electron chi connectivity index (χ1n) is 11.6. The number of ether oxygens (including phenoxy) is 2. The minimum atomic E-state index is -0.462. The molecule has 4 rings (SSSR count). The summed E-state index contributed by atoms with van der Waals surface area (Å²) in [5.74, 6) is 0.233. The summed E-state index contributed by atoms with van der Waals surface area (Å²) in [6, 6.07) is 24.1. The van der Waals surface area contributed by atoms with Crippen molar-refractivity contribution in [1.82, 2.24) is 0 Å². The summed E-state index contributed by atoms with van der Waals surface area (Å²) in [4.78, 5) is 13.1. The maximum absolute atomic E-state index is 13.1. The zero-order valence-electron chi connectivity index (χ0n) is 19.9. The van der Waals surface area contributed by atoms with Gasteiger partial charge in [-0.25, -0.2) is 4.79 Å². The Kier molecular flexibility index (Phi) is 7.12. The molecule has 0 amide bonds. The predicted molar refractivity (Wildman–Crippen MR) is 133 cm³/mol. The number of hydroxylamine groups is 1. The van der Waals surface area contributed by atoms with Gasteiger partial charge in [-0.1, -0.05) is 60.2 Å². The number of esters is 1. The molecule has 3 aromatic carbocycles. The first-order valence-corrected chi connectivity index (χ1v) is 11.6. The van der Waals surface area contributed by atoms with Gasteiger partial charge >= 0.3 is 5.97 Å². The minimum absolute atomic E-state index is 0.248. The van der Waals surface area contributed by atoms with E-state index in [4.69, 9.17) is 9.47 Å². The topological polar surface area (TPSA) is 58.8 Å².